The molecular formula is C17H16N4O5S. The van der Waals surface area contributed by atoms with Gasteiger partial charge in [-0.1, -0.05) is 12.1 Å². The van der Waals surface area contributed by atoms with Gasteiger partial charge in [0.1, 0.15) is 0 Å². The standard InChI is InChI=1S/C17H16N4O5S/c1-19-17(24)11-4-2-3-5-12(11)20-15(22)9-27-14-7-6-10(16(18)23)8-13(14)21(25)26/h2-8H,9H2,1H3,(H2,18,23)(H,19,24)(H,20,22). The molecule has 0 aliphatic heterocycles. The summed E-state index contributed by atoms with van der Waals surface area (Å²) >= 11 is 0.937. The van der Waals surface area contributed by atoms with E-state index in [0.717, 1.165) is 17.8 Å². The van der Waals surface area contributed by atoms with E-state index in [4.69, 9.17) is 5.73 Å². The van der Waals surface area contributed by atoms with Crippen LogP contribution in [0, 0.1) is 10.1 Å². The minimum absolute atomic E-state index is 0.00927. The summed E-state index contributed by atoms with van der Waals surface area (Å²) in [7, 11) is 1.48. The molecular weight excluding hydrogens is 372 g/mol. The molecule has 0 aliphatic rings. The largest absolute Gasteiger partial charge is 0.366 e. The van der Waals surface area contributed by atoms with Gasteiger partial charge in [0.05, 0.1) is 26.8 Å². The van der Waals surface area contributed by atoms with Crippen LogP contribution in [-0.4, -0.2) is 35.4 Å². The smallest absolute Gasteiger partial charge is 0.283 e. The van der Waals surface area contributed by atoms with E-state index in [0.29, 0.717) is 11.3 Å². The van der Waals surface area contributed by atoms with Crippen molar-refractivity contribution in [1.29, 1.82) is 0 Å². The van der Waals surface area contributed by atoms with Gasteiger partial charge in [-0.15, -0.1) is 11.8 Å². The first-order valence-corrected chi connectivity index (χ1v) is 8.64. The summed E-state index contributed by atoms with van der Waals surface area (Å²) in [6.45, 7) is 0. The maximum absolute atomic E-state index is 12.2. The average molecular weight is 388 g/mol. The topological polar surface area (TPSA) is 144 Å². The van der Waals surface area contributed by atoms with Crippen LogP contribution in [0.25, 0.3) is 0 Å². The first-order valence-electron chi connectivity index (χ1n) is 7.65. The molecule has 10 heteroatoms. The molecule has 0 heterocycles. The van der Waals surface area contributed by atoms with E-state index in [-0.39, 0.29) is 27.8 Å². The second kappa shape index (κ2) is 8.81. The molecule has 4 N–H and O–H groups in total. The number of rotatable bonds is 7. The van der Waals surface area contributed by atoms with Gasteiger partial charge in [0.2, 0.25) is 11.8 Å². The summed E-state index contributed by atoms with van der Waals surface area (Å²) < 4.78 is 0. The van der Waals surface area contributed by atoms with Crippen molar-refractivity contribution in [1.82, 2.24) is 5.32 Å². The van der Waals surface area contributed by atoms with Crippen LogP contribution in [0.1, 0.15) is 20.7 Å². The number of primary amides is 1. The van der Waals surface area contributed by atoms with Crippen LogP contribution < -0.4 is 16.4 Å². The Bertz CT molecular complexity index is 916. The van der Waals surface area contributed by atoms with Gasteiger partial charge in [-0.2, -0.15) is 0 Å². The number of carbonyl (C=O) groups is 3. The predicted octanol–water partition coefficient (Wildman–Crippen LogP) is 1.78. The van der Waals surface area contributed by atoms with Crippen LogP contribution in [0.2, 0.25) is 0 Å². The highest BCUT2D eigenvalue weighted by atomic mass is 32.2. The normalized spacial score (nSPS) is 10.1. The second-order valence-electron chi connectivity index (χ2n) is 5.27. The molecule has 9 nitrogen and oxygen atoms in total. The number of carbonyl (C=O) groups excluding carboxylic acids is 3. The summed E-state index contributed by atoms with van der Waals surface area (Å²) in [5, 5.41) is 16.3. The number of thioether (sulfide) groups is 1. The highest BCUT2D eigenvalue weighted by Crippen LogP contribution is 2.30. The van der Waals surface area contributed by atoms with Gasteiger partial charge in [-0.3, -0.25) is 24.5 Å². The summed E-state index contributed by atoms with van der Waals surface area (Å²) in [4.78, 5) is 45.9. The molecule has 0 saturated carbocycles. The van der Waals surface area contributed by atoms with E-state index in [1.807, 2.05) is 0 Å². The Labute approximate surface area is 158 Å². The molecule has 2 aromatic carbocycles. The minimum Gasteiger partial charge on any atom is -0.366 e. The molecule has 0 spiro atoms. The van der Waals surface area contributed by atoms with Crippen molar-refractivity contribution in [2.75, 3.05) is 18.1 Å². The third-order valence-electron chi connectivity index (χ3n) is 3.47. The van der Waals surface area contributed by atoms with Gasteiger partial charge in [-0.25, -0.2) is 0 Å². The number of nitro groups is 1. The van der Waals surface area contributed by atoms with Crippen LogP contribution in [0.3, 0.4) is 0 Å². The van der Waals surface area contributed by atoms with Crippen molar-refractivity contribution in [2.45, 2.75) is 4.90 Å². The molecule has 0 bridgehead atoms. The first-order chi connectivity index (χ1) is 12.8. The molecule has 0 aliphatic carbocycles. The third kappa shape index (κ3) is 5.05. The zero-order valence-corrected chi connectivity index (χ0v) is 15.0. The number of nitrogens with two attached hydrogens (primary N) is 1. The van der Waals surface area contributed by atoms with Gasteiger partial charge in [0, 0.05) is 18.7 Å². The van der Waals surface area contributed by atoms with Crippen molar-refractivity contribution in [2.24, 2.45) is 5.73 Å². The molecule has 0 atom stereocenters. The van der Waals surface area contributed by atoms with E-state index < -0.39 is 16.7 Å². The maximum atomic E-state index is 12.2. The molecule has 0 radical (unpaired) electrons. The Morgan fingerprint density at radius 1 is 1.19 bits per heavy atom. The molecule has 140 valence electrons. The predicted molar refractivity (Wildman–Crippen MR) is 101 cm³/mol. The first kappa shape index (κ1) is 19.9. The van der Waals surface area contributed by atoms with Crippen LogP contribution in [0.5, 0.6) is 0 Å². The Hall–Kier alpha value is -3.40. The molecule has 0 unspecified atom stereocenters. The van der Waals surface area contributed by atoms with Crippen molar-refractivity contribution >= 4 is 40.9 Å². The quantitative estimate of drug-likeness (QED) is 0.375. The highest BCUT2D eigenvalue weighted by molar-refractivity contribution is 8.00. The zero-order chi connectivity index (χ0) is 20.0. The van der Waals surface area contributed by atoms with Gasteiger partial charge < -0.3 is 16.4 Å². The number of nitro benzene ring substituents is 1. The maximum Gasteiger partial charge on any atom is 0.283 e. The fourth-order valence-electron chi connectivity index (χ4n) is 2.19. The molecule has 27 heavy (non-hydrogen) atoms. The number of nitrogens with zero attached hydrogens (tertiary/aromatic N) is 1. The van der Waals surface area contributed by atoms with Crippen LogP contribution in [0.15, 0.2) is 47.4 Å². The third-order valence-corrected chi connectivity index (χ3v) is 4.53. The number of nitrogens with one attached hydrogen (secondary N) is 2. The lowest BCUT2D eigenvalue weighted by atomic mass is 10.1. The van der Waals surface area contributed by atoms with E-state index >= 15 is 0 Å². The lowest BCUT2D eigenvalue weighted by molar-refractivity contribution is -0.387. The van der Waals surface area contributed by atoms with E-state index in [1.165, 1.54) is 19.2 Å². The van der Waals surface area contributed by atoms with Crippen LogP contribution in [-0.2, 0) is 4.79 Å². The lowest BCUT2D eigenvalue weighted by Gasteiger charge is -2.10. The van der Waals surface area contributed by atoms with Gasteiger partial charge in [0.15, 0.2) is 0 Å². The molecule has 2 rings (SSSR count). The Morgan fingerprint density at radius 3 is 2.52 bits per heavy atom. The molecule has 0 fully saturated rings. The monoisotopic (exact) mass is 388 g/mol. The second-order valence-corrected chi connectivity index (χ2v) is 6.28. The SMILES string of the molecule is CNC(=O)c1ccccc1NC(=O)CSc1ccc(C(N)=O)cc1[N+](=O)[O-]. The van der Waals surface area contributed by atoms with Crippen molar-refractivity contribution in [3.63, 3.8) is 0 Å². The zero-order valence-electron chi connectivity index (χ0n) is 14.2. The fraction of sp³-hybridized carbons (Fsp3) is 0.118. The van der Waals surface area contributed by atoms with Crippen LogP contribution >= 0.6 is 11.8 Å². The fourth-order valence-corrected chi connectivity index (χ4v) is 2.99. The molecule has 0 saturated heterocycles. The van der Waals surface area contributed by atoms with Crippen molar-refractivity contribution in [3.8, 4) is 0 Å². The number of amides is 3. The van der Waals surface area contributed by atoms with Gasteiger partial charge in [-0.05, 0) is 24.3 Å². The lowest BCUT2D eigenvalue weighted by Crippen LogP contribution is -2.22. The Kier molecular flexibility index (Phi) is 6.50. The van der Waals surface area contributed by atoms with Crippen LogP contribution in [0.4, 0.5) is 11.4 Å². The van der Waals surface area contributed by atoms with Crippen molar-refractivity contribution in [3.05, 3.63) is 63.7 Å². The highest BCUT2D eigenvalue weighted by Gasteiger charge is 2.18. The number of anilines is 1. The van der Waals surface area contributed by atoms with E-state index in [2.05, 4.69) is 10.6 Å². The molecule has 3 amide bonds. The summed E-state index contributed by atoms with van der Waals surface area (Å²) in [5.74, 6) is -1.70. The van der Waals surface area contributed by atoms with Crippen molar-refractivity contribution < 1.29 is 19.3 Å². The summed E-state index contributed by atoms with van der Waals surface area (Å²) in [5.41, 5.74) is 5.46. The molecule has 0 aromatic heterocycles. The minimum atomic E-state index is -0.779. The van der Waals surface area contributed by atoms with E-state index in [1.54, 1.807) is 24.3 Å². The summed E-state index contributed by atoms with van der Waals surface area (Å²) in [6, 6.07) is 10.3. The Morgan fingerprint density at radius 2 is 1.89 bits per heavy atom. The number of benzene rings is 2. The number of hydrogen-bond acceptors (Lipinski definition) is 6. The average Bonchev–Trinajstić information content (AvgIpc) is 2.65. The Balaban J connectivity index is 2.12. The van der Waals surface area contributed by atoms with E-state index in [9.17, 15) is 24.5 Å². The van der Waals surface area contributed by atoms with Gasteiger partial charge in [0.25, 0.3) is 11.6 Å². The van der Waals surface area contributed by atoms with Gasteiger partial charge >= 0.3 is 0 Å². The number of hydrogen-bond donors (Lipinski definition) is 3. The summed E-state index contributed by atoms with van der Waals surface area (Å²) in [6.07, 6.45) is 0. The molecule has 2 aromatic rings. The number of para-hydroxylation sites is 1.